The van der Waals surface area contributed by atoms with Crippen LogP contribution in [-0.2, 0) is 14.4 Å². The molecule has 0 amide bonds. The highest BCUT2D eigenvalue weighted by atomic mass is 16.7. The molecule has 100 valence electrons. The number of carbonyl (C=O) groups excluding carboxylic acids is 1. The molecule has 0 aliphatic rings. The molecule has 1 atom stereocenters. The molecule has 5 heteroatoms. The standard InChI is InChI=1S/C14H16N2O3/c1-3-18-14(17)10-19-16-13(9-15)11(2)12-7-5-4-6-8-12/h4-8,11H,3,10H2,1-2H3/b16-13+. The predicted molar refractivity (Wildman–Crippen MR) is 70.5 cm³/mol. The fourth-order valence-electron chi connectivity index (χ4n) is 1.45. The molecule has 0 aliphatic carbocycles. The molecule has 1 aromatic carbocycles. The highest BCUT2D eigenvalue weighted by Gasteiger charge is 2.13. The number of carbonyl (C=O) groups is 1. The number of ether oxygens (including phenoxy) is 1. The molecule has 1 unspecified atom stereocenters. The lowest BCUT2D eigenvalue weighted by Gasteiger charge is -2.09. The second-order valence-electron chi connectivity index (χ2n) is 3.80. The van der Waals surface area contributed by atoms with Crippen molar-refractivity contribution in [3.05, 3.63) is 35.9 Å². The monoisotopic (exact) mass is 260 g/mol. The maximum Gasteiger partial charge on any atom is 0.347 e. The zero-order chi connectivity index (χ0) is 14.1. The van der Waals surface area contributed by atoms with Gasteiger partial charge in [-0.1, -0.05) is 42.4 Å². The van der Waals surface area contributed by atoms with E-state index in [4.69, 9.17) is 10.1 Å². The zero-order valence-corrected chi connectivity index (χ0v) is 11.0. The van der Waals surface area contributed by atoms with Gasteiger partial charge in [-0.15, -0.1) is 0 Å². The van der Waals surface area contributed by atoms with E-state index in [0.717, 1.165) is 5.56 Å². The largest absolute Gasteiger partial charge is 0.463 e. The maximum atomic E-state index is 11.1. The third kappa shape index (κ3) is 4.80. The molecular formula is C14H16N2O3. The summed E-state index contributed by atoms with van der Waals surface area (Å²) in [6.07, 6.45) is 0. The Morgan fingerprint density at radius 3 is 2.68 bits per heavy atom. The third-order valence-corrected chi connectivity index (χ3v) is 2.47. The van der Waals surface area contributed by atoms with E-state index >= 15 is 0 Å². The molecule has 0 fully saturated rings. The summed E-state index contributed by atoms with van der Waals surface area (Å²) in [6, 6.07) is 11.5. The minimum atomic E-state index is -0.504. The van der Waals surface area contributed by atoms with Crippen LogP contribution in [0.4, 0.5) is 0 Å². The number of esters is 1. The van der Waals surface area contributed by atoms with Crippen LogP contribution in [0.3, 0.4) is 0 Å². The van der Waals surface area contributed by atoms with Gasteiger partial charge in [0, 0.05) is 5.92 Å². The number of hydrogen-bond donors (Lipinski definition) is 0. The van der Waals surface area contributed by atoms with Crippen molar-refractivity contribution in [1.29, 1.82) is 5.26 Å². The van der Waals surface area contributed by atoms with Gasteiger partial charge in [-0.25, -0.2) is 4.79 Å². The molecule has 0 saturated carbocycles. The zero-order valence-electron chi connectivity index (χ0n) is 11.0. The topological polar surface area (TPSA) is 71.7 Å². The van der Waals surface area contributed by atoms with Crippen molar-refractivity contribution in [2.45, 2.75) is 19.8 Å². The third-order valence-electron chi connectivity index (χ3n) is 2.47. The van der Waals surface area contributed by atoms with E-state index in [0.29, 0.717) is 0 Å². The quantitative estimate of drug-likeness (QED) is 0.447. The predicted octanol–water partition coefficient (Wildman–Crippen LogP) is 2.25. The molecule has 0 radical (unpaired) electrons. The van der Waals surface area contributed by atoms with Crippen LogP contribution in [-0.4, -0.2) is 24.9 Å². The van der Waals surface area contributed by atoms with Gasteiger partial charge in [0.1, 0.15) is 6.07 Å². The Kier molecular flexibility index (Phi) is 6.10. The first-order chi connectivity index (χ1) is 9.19. The summed E-state index contributed by atoms with van der Waals surface area (Å²) in [5.41, 5.74) is 1.18. The van der Waals surface area contributed by atoms with Crippen LogP contribution < -0.4 is 0 Å². The van der Waals surface area contributed by atoms with Crippen molar-refractivity contribution < 1.29 is 14.4 Å². The first kappa shape index (κ1) is 14.7. The molecule has 0 aromatic heterocycles. The van der Waals surface area contributed by atoms with E-state index < -0.39 is 5.97 Å². The number of oxime groups is 1. The first-order valence-electron chi connectivity index (χ1n) is 5.99. The van der Waals surface area contributed by atoms with Gasteiger partial charge < -0.3 is 9.57 Å². The van der Waals surface area contributed by atoms with Crippen molar-refractivity contribution in [2.24, 2.45) is 5.16 Å². The lowest BCUT2D eigenvalue weighted by atomic mass is 9.97. The lowest BCUT2D eigenvalue weighted by Crippen LogP contribution is -2.13. The van der Waals surface area contributed by atoms with Crippen LogP contribution in [0.15, 0.2) is 35.5 Å². The molecule has 5 nitrogen and oxygen atoms in total. The normalized spacial score (nSPS) is 12.4. The van der Waals surface area contributed by atoms with Crippen molar-refractivity contribution >= 4 is 11.7 Å². The molecule has 0 N–H and O–H groups in total. The summed E-state index contributed by atoms with van der Waals surface area (Å²) >= 11 is 0. The summed E-state index contributed by atoms with van der Waals surface area (Å²) in [5, 5.41) is 12.7. The van der Waals surface area contributed by atoms with E-state index in [-0.39, 0.29) is 24.8 Å². The number of rotatable bonds is 6. The summed E-state index contributed by atoms with van der Waals surface area (Å²) in [4.78, 5) is 15.9. The van der Waals surface area contributed by atoms with Crippen molar-refractivity contribution in [1.82, 2.24) is 0 Å². The van der Waals surface area contributed by atoms with Gasteiger partial charge in [-0.05, 0) is 12.5 Å². The Labute approximate surface area is 112 Å². The summed E-state index contributed by atoms with van der Waals surface area (Å²) < 4.78 is 4.69. The molecule has 1 aromatic rings. The fraction of sp³-hybridized carbons (Fsp3) is 0.357. The molecular weight excluding hydrogens is 244 g/mol. The highest BCUT2D eigenvalue weighted by molar-refractivity contribution is 6.02. The van der Waals surface area contributed by atoms with E-state index in [9.17, 15) is 4.79 Å². The van der Waals surface area contributed by atoms with Crippen LogP contribution in [0, 0.1) is 11.3 Å². The number of nitrogens with zero attached hydrogens (tertiary/aromatic N) is 2. The lowest BCUT2D eigenvalue weighted by molar-refractivity contribution is -0.148. The Balaban J connectivity index is 2.63. The molecule has 0 aliphatic heterocycles. The van der Waals surface area contributed by atoms with Gasteiger partial charge >= 0.3 is 5.97 Å². The number of benzene rings is 1. The van der Waals surface area contributed by atoms with Gasteiger partial charge in [0.15, 0.2) is 5.71 Å². The SMILES string of the molecule is CCOC(=O)CO/N=C(\C#N)C(C)c1ccccc1. The van der Waals surface area contributed by atoms with Crippen molar-refractivity contribution in [3.63, 3.8) is 0 Å². The minimum absolute atomic E-state index is 0.187. The average Bonchev–Trinajstić information content (AvgIpc) is 2.44. The molecule has 19 heavy (non-hydrogen) atoms. The van der Waals surface area contributed by atoms with E-state index in [2.05, 4.69) is 9.89 Å². The Bertz CT molecular complexity index is 477. The Morgan fingerprint density at radius 2 is 2.11 bits per heavy atom. The highest BCUT2D eigenvalue weighted by Crippen LogP contribution is 2.16. The maximum absolute atomic E-state index is 11.1. The van der Waals surface area contributed by atoms with Gasteiger partial charge in [0.05, 0.1) is 6.61 Å². The Hall–Kier alpha value is -2.35. The van der Waals surface area contributed by atoms with E-state index in [1.165, 1.54) is 0 Å². The van der Waals surface area contributed by atoms with Crippen LogP contribution in [0.1, 0.15) is 25.3 Å². The summed E-state index contributed by atoms with van der Waals surface area (Å²) in [6.45, 7) is 3.56. The summed E-state index contributed by atoms with van der Waals surface area (Å²) in [5.74, 6) is -0.690. The van der Waals surface area contributed by atoms with Gasteiger partial charge in [-0.3, -0.25) is 0 Å². The van der Waals surface area contributed by atoms with Gasteiger partial charge in [0.2, 0.25) is 6.61 Å². The van der Waals surface area contributed by atoms with E-state index in [1.807, 2.05) is 43.3 Å². The molecule has 0 bridgehead atoms. The van der Waals surface area contributed by atoms with Crippen LogP contribution >= 0.6 is 0 Å². The average molecular weight is 260 g/mol. The van der Waals surface area contributed by atoms with Crippen molar-refractivity contribution in [3.8, 4) is 6.07 Å². The molecule has 1 rings (SSSR count). The van der Waals surface area contributed by atoms with Gasteiger partial charge in [0.25, 0.3) is 0 Å². The van der Waals surface area contributed by atoms with Gasteiger partial charge in [-0.2, -0.15) is 5.26 Å². The van der Waals surface area contributed by atoms with Crippen LogP contribution in [0.5, 0.6) is 0 Å². The van der Waals surface area contributed by atoms with Crippen LogP contribution in [0.25, 0.3) is 0 Å². The number of nitriles is 1. The molecule has 0 saturated heterocycles. The second-order valence-corrected chi connectivity index (χ2v) is 3.80. The minimum Gasteiger partial charge on any atom is -0.463 e. The van der Waals surface area contributed by atoms with Crippen LogP contribution in [0.2, 0.25) is 0 Å². The summed E-state index contributed by atoms with van der Waals surface area (Å²) in [7, 11) is 0. The molecule has 0 heterocycles. The fourth-order valence-corrected chi connectivity index (χ4v) is 1.45. The van der Waals surface area contributed by atoms with Crippen molar-refractivity contribution in [2.75, 3.05) is 13.2 Å². The number of hydrogen-bond acceptors (Lipinski definition) is 5. The smallest absolute Gasteiger partial charge is 0.347 e. The Morgan fingerprint density at radius 1 is 1.42 bits per heavy atom. The van der Waals surface area contributed by atoms with E-state index in [1.54, 1.807) is 6.92 Å². The second kappa shape index (κ2) is 7.88. The first-order valence-corrected chi connectivity index (χ1v) is 5.99. The molecule has 0 spiro atoms.